The number of halogens is 1. The first kappa shape index (κ1) is 14.0. The van der Waals surface area contributed by atoms with Crippen LogP contribution in [0.3, 0.4) is 0 Å². The third-order valence-electron chi connectivity index (χ3n) is 2.68. The van der Waals surface area contributed by atoms with Gasteiger partial charge in [0.1, 0.15) is 0 Å². The van der Waals surface area contributed by atoms with Crippen molar-refractivity contribution in [3.8, 4) is 0 Å². The second-order valence-electron chi connectivity index (χ2n) is 4.30. The Balaban J connectivity index is 1.92. The largest absolute Gasteiger partial charge is 0.307 e. The van der Waals surface area contributed by atoms with E-state index in [4.69, 9.17) is 0 Å². The normalized spacial score (nSPS) is 10.5. The van der Waals surface area contributed by atoms with E-state index in [0.29, 0.717) is 18.7 Å². The molecular weight excluding hydrogens is 263 g/mol. The van der Waals surface area contributed by atoms with Gasteiger partial charge in [0.15, 0.2) is 0 Å². The molecule has 104 valence electrons. The number of rotatable bonds is 5. The highest BCUT2D eigenvalue weighted by molar-refractivity contribution is 5.34. The lowest BCUT2D eigenvalue weighted by atomic mass is 10.2. The fourth-order valence-electron chi connectivity index (χ4n) is 1.65. The van der Waals surface area contributed by atoms with Gasteiger partial charge in [-0.2, -0.15) is 4.39 Å². The molecular formula is C13H13FN4O2. The molecule has 20 heavy (non-hydrogen) atoms. The van der Waals surface area contributed by atoms with Gasteiger partial charge in [0.25, 0.3) is 0 Å². The van der Waals surface area contributed by atoms with Crippen LogP contribution in [0, 0.1) is 22.9 Å². The molecule has 0 bridgehead atoms. The van der Waals surface area contributed by atoms with Gasteiger partial charge in [-0.25, -0.2) is 0 Å². The topological polar surface area (TPSA) is 81.0 Å². The monoisotopic (exact) mass is 276 g/mol. The summed E-state index contributed by atoms with van der Waals surface area (Å²) >= 11 is 0. The lowest BCUT2D eigenvalue weighted by molar-refractivity contribution is -0.387. The molecule has 6 nitrogen and oxygen atoms in total. The molecule has 2 aromatic rings. The molecule has 0 aliphatic carbocycles. The molecule has 0 saturated heterocycles. The van der Waals surface area contributed by atoms with Gasteiger partial charge < -0.3 is 5.32 Å². The van der Waals surface area contributed by atoms with Gasteiger partial charge in [-0.1, -0.05) is 6.07 Å². The molecule has 0 unspecified atom stereocenters. The summed E-state index contributed by atoms with van der Waals surface area (Å²) in [7, 11) is 0. The van der Waals surface area contributed by atoms with E-state index in [0.717, 1.165) is 23.5 Å². The summed E-state index contributed by atoms with van der Waals surface area (Å²) < 4.78 is 13.4. The Labute approximate surface area is 114 Å². The lowest BCUT2D eigenvalue weighted by Gasteiger charge is -2.05. The standard InChI is InChI=1S/C13H13FN4O2/c1-9-5-17-11(8-16-9)7-15-6-10-2-3-13(18(19)20)12(14)4-10/h2-5,8,15H,6-7H2,1H3. The summed E-state index contributed by atoms with van der Waals surface area (Å²) in [6.45, 7) is 2.74. The molecule has 0 aliphatic rings. The maximum Gasteiger partial charge on any atom is 0.304 e. The molecule has 1 aromatic carbocycles. The van der Waals surface area contributed by atoms with Gasteiger partial charge in [0.05, 0.1) is 16.3 Å². The lowest BCUT2D eigenvalue weighted by Crippen LogP contribution is -2.14. The second kappa shape index (κ2) is 6.16. The molecule has 1 N–H and O–H groups in total. The molecule has 0 amide bonds. The predicted octanol–water partition coefficient (Wildman–Crippen LogP) is 2.12. The summed E-state index contributed by atoms with van der Waals surface area (Å²) in [5, 5.41) is 13.6. The highest BCUT2D eigenvalue weighted by atomic mass is 19.1. The van der Waals surface area contributed by atoms with E-state index in [2.05, 4.69) is 15.3 Å². The maximum atomic E-state index is 13.4. The Morgan fingerprint density at radius 1 is 1.30 bits per heavy atom. The zero-order valence-electron chi connectivity index (χ0n) is 10.8. The highest BCUT2D eigenvalue weighted by Crippen LogP contribution is 2.17. The Hall–Kier alpha value is -2.41. The fraction of sp³-hybridized carbons (Fsp3) is 0.231. The van der Waals surface area contributed by atoms with Gasteiger partial charge in [0, 0.05) is 31.5 Å². The van der Waals surface area contributed by atoms with Crippen LogP contribution in [0.15, 0.2) is 30.6 Å². The van der Waals surface area contributed by atoms with Crippen molar-refractivity contribution < 1.29 is 9.31 Å². The molecule has 0 aliphatic heterocycles. The maximum absolute atomic E-state index is 13.4. The van der Waals surface area contributed by atoms with Gasteiger partial charge in [-0.05, 0) is 18.6 Å². The van der Waals surface area contributed by atoms with Crippen molar-refractivity contribution in [1.29, 1.82) is 0 Å². The molecule has 0 spiro atoms. The summed E-state index contributed by atoms with van der Waals surface area (Å²) in [4.78, 5) is 18.0. The third-order valence-corrected chi connectivity index (χ3v) is 2.68. The van der Waals surface area contributed by atoms with Crippen molar-refractivity contribution in [2.75, 3.05) is 0 Å². The van der Waals surface area contributed by atoms with E-state index in [1.165, 1.54) is 6.07 Å². The van der Waals surface area contributed by atoms with Crippen molar-refractivity contribution in [2.45, 2.75) is 20.0 Å². The molecule has 1 aromatic heterocycles. The number of nitrogens with one attached hydrogen (secondary N) is 1. The molecule has 0 radical (unpaired) electrons. The minimum Gasteiger partial charge on any atom is -0.307 e. The van der Waals surface area contributed by atoms with Gasteiger partial charge in [-0.3, -0.25) is 20.1 Å². The van der Waals surface area contributed by atoms with Crippen LogP contribution in [0.4, 0.5) is 10.1 Å². The Kier molecular flexibility index (Phi) is 4.31. The molecule has 7 heteroatoms. The summed E-state index contributed by atoms with van der Waals surface area (Å²) in [5.74, 6) is -0.829. The van der Waals surface area contributed by atoms with Crippen LogP contribution in [0.2, 0.25) is 0 Å². The quantitative estimate of drug-likeness (QED) is 0.668. The van der Waals surface area contributed by atoms with E-state index in [1.807, 2.05) is 6.92 Å². The summed E-state index contributed by atoms with van der Waals surface area (Å²) in [5.41, 5.74) is 1.73. The van der Waals surface area contributed by atoms with E-state index in [9.17, 15) is 14.5 Å². The van der Waals surface area contributed by atoms with E-state index in [1.54, 1.807) is 12.4 Å². The highest BCUT2D eigenvalue weighted by Gasteiger charge is 2.13. The first-order valence-corrected chi connectivity index (χ1v) is 5.97. The van der Waals surface area contributed by atoms with E-state index >= 15 is 0 Å². The number of aryl methyl sites for hydroxylation is 1. The summed E-state index contributed by atoms with van der Waals surface area (Å²) in [6.07, 6.45) is 3.33. The van der Waals surface area contributed by atoms with E-state index < -0.39 is 16.4 Å². The molecule has 0 saturated carbocycles. The van der Waals surface area contributed by atoms with Crippen LogP contribution in [0.1, 0.15) is 17.0 Å². The minimum atomic E-state index is -0.829. The van der Waals surface area contributed by atoms with Crippen molar-refractivity contribution in [3.63, 3.8) is 0 Å². The van der Waals surface area contributed by atoms with Crippen molar-refractivity contribution >= 4 is 5.69 Å². The van der Waals surface area contributed by atoms with Crippen LogP contribution in [0.25, 0.3) is 0 Å². The van der Waals surface area contributed by atoms with Gasteiger partial charge >= 0.3 is 5.69 Å². The second-order valence-corrected chi connectivity index (χ2v) is 4.30. The SMILES string of the molecule is Cc1cnc(CNCc2ccc([N+](=O)[O-])c(F)c2)cn1. The molecule has 0 fully saturated rings. The Morgan fingerprint density at radius 2 is 2.10 bits per heavy atom. The number of nitrogens with zero attached hydrogens (tertiary/aromatic N) is 3. The minimum absolute atomic E-state index is 0.393. The first-order valence-electron chi connectivity index (χ1n) is 5.97. The van der Waals surface area contributed by atoms with Gasteiger partial charge in [0.2, 0.25) is 5.82 Å². The number of nitro groups is 1. The molecule has 2 rings (SSSR count). The van der Waals surface area contributed by atoms with Crippen molar-refractivity contribution in [2.24, 2.45) is 0 Å². The fourth-order valence-corrected chi connectivity index (χ4v) is 1.65. The zero-order valence-corrected chi connectivity index (χ0v) is 10.8. The zero-order chi connectivity index (χ0) is 14.5. The van der Waals surface area contributed by atoms with Crippen LogP contribution in [-0.4, -0.2) is 14.9 Å². The first-order chi connectivity index (χ1) is 9.56. The number of hydrogen-bond acceptors (Lipinski definition) is 5. The summed E-state index contributed by atoms with van der Waals surface area (Å²) in [6, 6.07) is 3.85. The van der Waals surface area contributed by atoms with Crippen LogP contribution < -0.4 is 5.32 Å². The Bertz CT molecular complexity index is 616. The predicted molar refractivity (Wildman–Crippen MR) is 70.4 cm³/mol. The number of benzene rings is 1. The number of aromatic nitrogens is 2. The van der Waals surface area contributed by atoms with Crippen LogP contribution in [0.5, 0.6) is 0 Å². The van der Waals surface area contributed by atoms with Crippen molar-refractivity contribution in [1.82, 2.24) is 15.3 Å². The third kappa shape index (κ3) is 3.55. The van der Waals surface area contributed by atoms with Crippen LogP contribution >= 0.6 is 0 Å². The average Bonchev–Trinajstić information content (AvgIpc) is 2.41. The molecule has 1 heterocycles. The smallest absolute Gasteiger partial charge is 0.304 e. The van der Waals surface area contributed by atoms with Crippen LogP contribution in [-0.2, 0) is 13.1 Å². The number of nitro benzene ring substituents is 1. The van der Waals surface area contributed by atoms with Crippen molar-refractivity contribution in [3.05, 3.63) is 63.5 Å². The number of hydrogen-bond donors (Lipinski definition) is 1. The Morgan fingerprint density at radius 3 is 2.70 bits per heavy atom. The molecule has 0 atom stereocenters. The van der Waals surface area contributed by atoms with E-state index in [-0.39, 0.29) is 0 Å². The average molecular weight is 276 g/mol. The van der Waals surface area contributed by atoms with Gasteiger partial charge in [-0.15, -0.1) is 0 Å².